The first-order valence-electron chi connectivity index (χ1n) is 9.20. The lowest BCUT2D eigenvalue weighted by molar-refractivity contribution is -0.153. The average Bonchev–Trinajstić information content (AvgIpc) is 2.70. The van der Waals surface area contributed by atoms with Gasteiger partial charge in [0.15, 0.2) is 6.10 Å². The zero-order valence-corrected chi connectivity index (χ0v) is 17.0. The molecule has 0 heterocycles. The van der Waals surface area contributed by atoms with Gasteiger partial charge in [-0.3, -0.25) is 9.59 Å². The van der Waals surface area contributed by atoms with Gasteiger partial charge in [0.2, 0.25) is 0 Å². The van der Waals surface area contributed by atoms with Crippen LogP contribution in [0.1, 0.15) is 18.9 Å². The van der Waals surface area contributed by atoms with E-state index in [9.17, 15) is 23.9 Å². The number of nitrogens with two attached hydrogens (primary N) is 1. The minimum atomic E-state index is -1.48. The third-order valence-electron chi connectivity index (χ3n) is 4.30. The Labute approximate surface area is 178 Å². The molecule has 0 unspecified atom stereocenters. The Morgan fingerprint density at radius 3 is 2.47 bits per heavy atom. The highest BCUT2D eigenvalue weighted by molar-refractivity contribution is 6.34. The molecule has 7 nitrogen and oxygen atoms in total. The molecule has 2 atom stereocenters. The maximum Gasteiger partial charge on any atom is 0.335 e. The van der Waals surface area contributed by atoms with Crippen LogP contribution in [-0.2, 0) is 25.5 Å². The first-order chi connectivity index (χ1) is 14.2. The van der Waals surface area contributed by atoms with E-state index >= 15 is 0 Å². The third kappa shape index (κ3) is 6.53. The lowest BCUT2D eigenvalue weighted by atomic mass is 9.97. The largest absolute Gasteiger partial charge is 0.464 e. The van der Waals surface area contributed by atoms with Gasteiger partial charge in [-0.1, -0.05) is 35.9 Å². The van der Waals surface area contributed by atoms with E-state index in [1.54, 1.807) is 31.2 Å². The Balaban J connectivity index is 2.17. The smallest absolute Gasteiger partial charge is 0.335 e. The molecular weight excluding hydrogens is 415 g/mol. The molecule has 0 fully saturated rings. The predicted octanol–water partition coefficient (Wildman–Crippen LogP) is 1.97. The third-order valence-corrected chi connectivity index (χ3v) is 4.54. The lowest BCUT2D eigenvalue weighted by Crippen LogP contribution is -2.45. The van der Waals surface area contributed by atoms with E-state index in [2.05, 4.69) is 5.32 Å². The summed E-state index contributed by atoms with van der Waals surface area (Å²) in [4.78, 5) is 34.5. The molecule has 0 radical (unpaired) electrons. The predicted molar refractivity (Wildman–Crippen MR) is 109 cm³/mol. The normalized spacial score (nSPS) is 12.7. The van der Waals surface area contributed by atoms with Crippen molar-refractivity contribution in [1.82, 2.24) is 5.32 Å². The molecule has 4 N–H and O–H groups in total. The van der Waals surface area contributed by atoms with Crippen LogP contribution in [0.5, 0.6) is 0 Å². The highest BCUT2D eigenvalue weighted by atomic mass is 35.5. The molecular formula is C21H22ClFN2O5. The van der Waals surface area contributed by atoms with Crippen LogP contribution in [0, 0.1) is 5.82 Å². The van der Waals surface area contributed by atoms with Crippen molar-refractivity contribution in [3.05, 3.63) is 58.9 Å². The van der Waals surface area contributed by atoms with Crippen LogP contribution in [0.25, 0.3) is 11.1 Å². The molecule has 0 saturated carbocycles. The van der Waals surface area contributed by atoms with Gasteiger partial charge in [-0.15, -0.1) is 0 Å². The number of benzene rings is 2. The van der Waals surface area contributed by atoms with Gasteiger partial charge < -0.3 is 20.9 Å². The topological polar surface area (TPSA) is 119 Å². The van der Waals surface area contributed by atoms with Crippen LogP contribution in [0.4, 0.5) is 4.39 Å². The molecule has 30 heavy (non-hydrogen) atoms. The van der Waals surface area contributed by atoms with Crippen molar-refractivity contribution in [3.8, 4) is 11.1 Å². The standard InChI is InChI=1S/C21H22ClFN2O5/c1-2-30-21(29)18(26)11-15(25-20(28)19(24)27)9-12-3-5-13(6-4-12)16-10-14(22)7-8-17(16)23/h3-8,10,15,18,26H,2,9,11H2,1H3,(H2,24,27)(H,25,28)/t15-,18-/m1/s1. The highest BCUT2D eigenvalue weighted by Crippen LogP contribution is 2.26. The van der Waals surface area contributed by atoms with Crippen molar-refractivity contribution in [2.45, 2.75) is 31.9 Å². The molecule has 0 saturated heterocycles. The van der Waals surface area contributed by atoms with Crippen molar-refractivity contribution < 1.29 is 28.6 Å². The molecule has 0 bridgehead atoms. The van der Waals surface area contributed by atoms with Crippen molar-refractivity contribution in [2.75, 3.05) is 6.61 Å². The van der Waals surface area contributed by atoms with E-state index in [0.717, 1.165) is 0 Å². The van der Waals surface area contributed by atoms with Gasteiger partial charge >= 0.3 is 17.8 Å². The van der Waals surface area contributed by atoms with E-state index in [1.807, 2.05) is 0 Å². The number of carbonyl (C=O) groups excluding carboxylic acids is 3. The molecule has 0 spiro atoms. The summed E-state index contributed by atoms with van der Waals surface area (Å²) in [5.41, 5.74) is 6.63. The van der Waals surface area contributed by atoms with E-state index in [1.165, 1.54) is 18.2 Å². The summed E-state index contributed by atoms with van der Waals surface area (Å²) >= 11 is 5.93. The molecule has 2 amide bonds. The van der Waals surface area contributed by atoms with Gasteiger partial charge in [0.25, 0.3) is 0 Å². The molecule has 0 aromatic heterocycles. The summed E-state index contributed by atoms with van der Waals surface area (Å²) in [6.07, 6.45) is -1.47. The summed E-state index contributed by atoms with van der Waals surface area (Å²) in [6, 6.07) is 10.2. The fourth-order valence-corrected chi connectivity index (χ4v) is 3.05. The molecule has 9 heteroatoms. The summed E-state index contributed by atoms with van der Waals surface area (Å²) in [5, 5.41) is 12.8. The molecule has 0 aliphatic heterocycles. The molecule has 0 aliphatic rings. The van der Waals surface area contributed by atoms with Crippen LogP contribution in [0.2, 0.25) is 5.02 Å². The highest BCUT2D eigenvalue weighted by Gasteiger charge is 2.24. The Kier molecular flexibility index (Phi) is 8.32. The van der Waals surface area contributed by atoms with E-state index in [0.29, 0.717) is 21.7 Å². The number of esters is 1. The fraction of sp³-hybridized carbons (Fsp3) is 0.286. The Morgan fingerprint density at radius 2 is 1.87 bits per heavy atom. The van der Waals surface area contributed by atoms with Gasteiger partial charge in [-0.05, 0) is 42.7 Å². The Hall–Kier alpha value is -2.97. The Morgan fingerprint density at radius 1 is 1.20 bits per heavy atom. The van der Waals surface area contributed by atoms with Gasteiger partial charge in [-0.2, -0.15) is 0 Å². The number of primary amides is 1. The Bertz CT molecular complexity index is 920. The van der Waals surface area contributed by atoms with Crippen molar-refractivity contribution in [3.63, 3.8) is 0 Å². The van der Waals surface area contributed by atoms with Gasteiger partial charge in [0.05, 0.1) is 6.61 Å². The number of hydrogen-bond acceptors (Lipinski definition) is 5. The van der Waals surface area contributed by atoms with Crippen molar-refractivity contribution in [2.24, 2.45) is 5.73 Å². The quantitative estimate of drug-likeness (QED) is 0.432. The number of aliphatic hydroxyl groups is 1. The second-order valence-electron chi connectivity index (χ2n) is 6.56. The van der Waals surface area contributed by atoms with Gasteiger partial charge in [0, 0.05) is 23.0 Å². The summed E-state index contributed by atoms with van der Waals surface area (Å²) in [5.74, 6) is -3.47. The van der Waals surface area contributed by atoms with E-state index in [-0.39, 0.29) is 19.4 Å². The molecule has 2 rings (SSSR count). The molecule has 2 aromatic rings. The number of nitrogens with one attached hydrogen (secondary N) is 1. The van der Waals surface area contributed by atoms with Crippen LogP contribution in [0.15, 0.2) is 42.5 Å². The van der Waals surface area contributed by atoms with Crippen LogP contribution in [0.3, 0.4) is 0 Å². The number of amides is 2. The fourth-order valence-electron chi connectivity index (χ4n) is 2.88. The number of aliphatic hydroxyl groups excluding tert-OH is 1. The van der Waals surface area contributed by atoms with Crippen LogP contribution >= 0.6 is 11.6 Å². The average molecular weight is 437 g/mol. The van der Waals surface area contributed by atoms with Crippen LogP contribution in [-0.4, -0.2) is 41.6 Å². The SMILES string of the molecule is CCOC(=O)[C@H](O)C[C@@H](Cc1ccc(-c2cc(Cl)ccc2F)cc1)NC(=O)C(N)=O. The van der Waals surface area contributed by atoms with Crippen LogP contribution < -0.4 is 11.1 Å². The van der Waals surface area contributed by atoms with E-state index < -0.39 is 35.7 Å². The van der Waals surface area contributed by atoms with Crippen molar-refractivity contribution >= 4 is 29.4 Å². The number of carbonyl (C=O) groups is 3. The molecule has 160 valence electrons. The number of ether oxygens (including phenoxy) is 1. The second kappa shape index (κ2) is 10.7. The minimum absolute atomic E-state index is 0.0930. The monoisotopic (exact) mass is 436 g/mol. The number of rotatable bonds is 8. The van der Waals surface area contributed by atoms with Gasteiger partial charge in [-0.25, -0.2) is 9.18 Å². The molecule has 2 aromatic carbocycles. The minimum Gasteiger partial charge on any atom is -0.464 e. The number of hydrogen-bond donors (Lipinski definition) is 3. The first kappa shape index (κ1) is 23.3. The maximum absolute atomic E-state index is 14.0. The summed E-state index contributed by atoms with van der Waals surface area (Å²) in [7, 11) is 0. The first-order valence-corrected chi connectivity index (χ1v) is 9.58. The summed E-state index contributed by atoms with van der Waals surface area (Å²) in [6.45, 7) is 1.69. The number of halogens is 2. The van der Waals surface area contributed by atoms with Crippen molar-refractivity contribution in [1.29, 1.82) is 0 Å². The van der Waals surface area contributed by atoms with E-state index in [4.69, 9.17) is 22.1 Å². The zero-order valence-electron chi connectivity index (χ0n) is 16.2. The lowest BCUT2D eigenvalue weighted by Gasteiger charge is -2.20. The molecule has 0 aliphatic carbocycles. The van der Waals surface area contributed by atoms with Gasteiger partial charge in [0.1, 0.15) is 5.82 Å². The second-order valence-corrected chi connectivity index (χ2v) is 7.00. The summed E-state index contributed by atoms with van der Waals surface area (Å²) < 4.78 is 18.8. The zero-order chi connectivity index (χ0) is 22.3. The maximum atomic E-state index is 14.0.